The molecule has 5 aromatic carbocycles. The summed E-state index contributed by atoms with van der Waals surface area (Å²) in [6, 6.07) is 32.1. The number of benzene rings is 4. The number of aryl methyl sites for hydroxylation is 2. The van der Waals surface area contributed by atoms with E-state index in [4.69, 9.17) is 4.98 Å². The number of pyridine rings is 1. The first kappa shape index (κ1) is 27.2. The van der Waals surface area contributed by atoms with Gasteiger partial charge in [-0.25, -0.2) is 4.99 Å². The largest absolute Gasteiger partial charge is 0.301 e. The van der Waals surface area contributed by atoms with Gasteiger partial charge in [-0.2, -0.15) is 8.75 Å². The Bertz CT molecular complexity index is 2460. The van der Waals surface area contributed by atoms with Gasteiger partial charge in [-0.1, -0.05) is 83.9 Å². The number of hydrogen-bond donors (Lipinski definition) is 0. The van der Waals surface area contributed by atoms with Crippen LogP contribution in [0.1, 0.15) is 11.1 Å². The fraction of sp³-hybridized carbons (Fsp3) is 0.0556. The van der Waals surface area contributed by atoms with Crippen molar-refractivity contribution in [1.29, 1.82) is 0 Å². The number of hydrogen-bond acceptors (Lipinski definition) is 9. The molecule has 0 aliphatic rings. The standard InChI is InChI=1S/C36H23N5O2S2/c1-20-11-15-22(16-12-20)41(23-17-13-21(2)14-18-23)36-27-10-6-5-9-26(27)35(44-36)31-30-29(39-45-40-30)28(19-37-31)38-32-33(42)24-7-3-4-8-25(24)34(32)43/h3-19H,1-2H3. The molecule has 0 aliphatic carbocycles. The van der Waals surface area contributed by atoms with Crippen molar-refractivity contribution >= 4 is 77.7 Å². The Labute approximate surface area is 265 Å². The lowest BCUT2D eigenvalue weighted by molar-refractivity contribution is 1.27. The Morgan fingerprint density at radius 2 is 1.18 bits per heavy atom. The van der Waals surface area contributed by atoms with Crippen molar-refractivity contribution in [3.05, 3.63) is 140 Å². The third-order valence-corrected chi connectivity index (χ3v) is 9.70. The van der Waals surface area contributed by atoms with Crippen LogP contribution >= 0.6 is 23.1 Å². The van der Waals surface area contributed by atoms with Crippen molar-refractivity contribution in [2.24, 2.45) is 4.99 Å². The van der Waals surface area contributed by atoms with Crippen LogP contribution in [0.2, 0.25) is 0 Å². The summed E-state index contributed by atoms with van der Waals surface area (Å²) in [4.78, 5) is 38.7. The molecule has 216 valence electrons. The van der Waals surface area contributed by atoms with Crippen LogP contribution in [0, 0.1) is 13.8 Å². The summed E-state index contributed by atoms with van der Waals surface area (Å²) in [7, 11) is 0. The van der Waals surface area contributed by atoms with Gasteiger partial charge in [0.1, 0.15) is 27.4 Å². The van der Waals surface area contributed by atoms with Gasteiger partial charge in [-0.3, -0.25) is 14.6 Å². The van der Waals surface area contributed by atoms with Crippen LogP contribution in [0.5, 0.6) is 0 Å². The van der Waals surface area contributed by atoms with Crippen LogP contribution in [0.4, 0.5) is 22.1 Å². The summed E-state index contributed by atoms with van der Waals surface area (Å²) in [5.41, 5.74) is 5.80. The maximum atomic E-state index is 13.1. The third kappa shape index (κ3) is 4.47. The molecule has 0 aliphatic heterocycles. The minimum atomic E-state index is -0.391. The monoisotopic (exact) mass is 621 g/mol. The number of aromatic nitrogens is 3. The van der Waals surface area contributed by atoms with Gasteiger partial charge in [0.15, 0.2) is 5.36 Å². The molecule has 0 unspecified atom stereocenters. The highest BCUT2D eigenvalue weighted by Crippen LogP contribution is 2.49. The normalized spacial score (nSPS) is 11.5. The fourth-order valence-electron chi connectivity index (χ4n) is 5.65. The second kappa shape index (κ2) is 10.7. The summed E-state index contributed by atoms with van der Waals surface area (Å²) in [5.74, 6) is 0. The maximum Gasteiger partial charge on any atom is 0.216 e. The Balaban J connectivity index is 1.34. The minimum absolute atomic E-state index is 0.129. The minimum Gasteiger partial charge on any atom is -0.301 e. The van der Waals surface area contributed by atoms with E-state index < -0.39 is 10.9 Å². The van der Waals surface area contributed by atoms with Crippen LogP contribution in [0.15, 0.2) is 118 Å². The van der Waals surface area contributed by atoms with Gasteiger partial charge < -0.3 is 4.90 Å². The van der Waals surface area contributed by atoms with Gasteiger partial charge >= 0.3 is 0 Å². The van der Waals surface area contributed by atoms with Crippen molar-refractivity contribution in [2.75, 3.05) is 4.90 Å². The second-order valence-electron chi connectivity index (χ2n) is 10.9. The van der Waals surface area contributed by atoms with E-state index >= 15 is 0 Å². The van der Waals surface area contributed by atoms with Crippen molar-refractivity contribution in [1.82, 2.24) is 13.7 Å². The molecular formula is C36H23N5O2S2. The molecule has 3 aromatic heterocycles. The smallest absolute Gasteiger partial charge is 0.216 e. The Hall–Kier alpha value is -5.38. The Morgan fingerprint density at radius 1 is 0.644 bits per heavy atom. The first-order valence-electron chi connectivity index (χ1n) is 14.3. The Kier molecular flexibility index (Phi) is 6.44. The van der Waals surface area contributed by atoms with Crippen LogP contribution in [-0.2, 0) is 0 Å². The van der Waals surface area contributed by atoms with Gasteiger partial charge in [0.2, 0.25) is 10.9 Å². The lowest BCUT2D eigenvalue weighted by Crippen LogP contribution is -2.31. The van der Waals surface area contributed by atoms with E-state index in [0.717, 1.165) is 43.8 Å². The molecule has 0 atom stereocenters. The molecule has 0 radical (unpaired) electrons. The highest BCUT2D eigenvalue weighted by Gasteiger charge is 2.24. The SMILES string of the molecule is Cc1ccc(N(c2ccc(C)cc2)c2sc(-c3ncc(N=c4c(=O)c5ccccc5c4=O)c4nsnc34)c3ccccc23)cc1. The van der Waals surface area contributed by atoms with E-state index in [0.29, 0.717) is 33.2 Å². The van der Waals surface area contributed by atoms with Gasteiger partial charge in [0, 0.05) is 32.9 Å². The van der Waals surface area contributed by atoms with Crippen LogP contribution in [0.3, 0.4) is 0 Å². The molecule has 7 nitrogen and oxygen atoms in total. The zero-order chi connectivity index (χ0) is 30.7. The van der Waals surface area contributed by atoms with Crippen molar-refractivity contribution in [3.63, 3.8) is 0 Å². The zero-order valence-corrected chi connectivity index (χ0v) is 25.8. The van der Waals surface area contributed by atoms with Gasteiger partial charge in [0.05, 0.1) is 22.8 Å². The van der Waals surface area contributed by atoms with Gasteiger partial charge in [0.25, 0.3) is 0 Å². The van der Waals surface area contributed by atoms with Crippen LogP contribution < -0.4 is 21.1 Å². The van der Waals surface area contributed by atoms with E-state index in [-0.39, 0.29) is 5.36 Å². The molecule has 0 amide bonds. The average Bonchev–Trinajstić information content (AvgIpc) is 3.77. The van der Waals surface area contributed by atoms with Crippen molar-refractivity contribution in [3.8, 4) is 10.6 Å². The number of rotatable bonds is 5. The van der Waals surface area contributed by atoms with Crippen molar-refractivity contribution < 1.29 is 0 Å². The third-order valence-electron chi connectivity index (χ3n) is 7.95. The lowest BCUT2D eigenvalue weighted by Gasteiger charge is -2.24. The first-order chi connectivity index (χ1) is 22.0. The molecule has 45 heavy (non-hydrogen) atoms. The van der Waals surface area contributed by atoms with Gasteiger partial charge in [-0.15, -0.1) is 11.3 Å². The van der Waals surface area contributed by atoms with Gasteiger partial charge in [-0.05, 0) is 38.1 Å². The van der Waals surface area contributed by atoms with Crippen LogP contribution in [0.25, 0.3) is 43.1 Å². The molecule has 0 saturated heterocycles. The second-order valence-corrected chi connectivity index (χ2v) is 12.4. The molecule has 0 N–H and O–H groups in total. The molecule has 0 fully saturated rings. The predicted molar refractivity (Wildman–Crippen MR) is 184 cm³/mol. The van der Waals surface area contributed by atoms with E-state index in [2.05, 4.69) is 93.2 Å². The van der Waals surface area contributed by atoms with E-state index in [1.165, 1.54) is 11.1 Å². The van der Waals surface area contributed by atoms with E-state index in [1.54, 1.807) is 41.8 Å². The Morgan fingerprint density at radius 3 is 1.78 bits per heavy atom. The molecular weight excluding hydrogens is 599 g/mol. The highest BCUT2D eigenvalue weighted by atomic mass is 32.1. The molecule has 0 bridgehead atoms. The molecule has 3 heterocycles. The summed E-state index contributed by atoms with van der Waals surface area (Å²) in [6.07, 6.45) is 1.58. The van der Waals surface area contributed by atoms with Crippen molar-refractivity contribution in [2.45, 2.75) is 13.8 Å². The number of anilines is 3. The highest BCUT2D eigenvalue weighted by molar-refractivity contribution is 7.21. The average molecular weight is 622 g/mol. The lowest BCUT2D eigenvalue weighted by atomic mass is 10.1. The zero-order valence-electron chi connectivity index (χ0n) is 24.2. The summed E-state index contributed by atoms with van der Waals surface area (Å²) in [5, 5.41) is 3.78. The first-order valence-corrected chi connectivity index (χ1v) is 15.9. The molecule has 8 aromatic rings. The number of nitrogens with zero attached hydrogens (tertiary/aromatic N) is 5. The summed E-state index contributed by atoms with van der Waals surface area (Å²) >= 11 is 2.69. The number of thiophene rings is 1. The molecule has 9 heteroatoms. The summed E-state index contributed by atoms with van der Waals surface area (Å²) < 4.78 is 9.16. The van der Waals surface area contributed by atoms with E-state index in [1.807, 2.05) is 12.1 Å². The quantitative estimate of drug-likeness (QED) is 0.193. The maximum absolute atomic E-state index is 13.1. The van der Waals surface area contributed by atoms with E-state index in [9.17, 15) is 9.59 Å². The molecule has 0 spiro atoms. The summed E-state index contributed by atoms with van der Waals surface area (Å²) in [6.45, 7) is 4.17. The fourth-order valence-corrected chi connectivity index (χ4v) is 7.53. The number of fused-ring (bicyclic) bond motifs is 3. The van der Waals surface area contributed by atoms with Crippen LogP contribution in [-0.4, -0.2) is 13.7 Å². The molecule has 8 rings (SSSR count). The molecule has 0 saturated carbocycles. The topological polar surface area (TPSA) is 88.4 Å². The predicted octanol–water partition coefficient (Wildman–Crippen LogP) is 8.04.